The second-order valence-corrected chi connectivity index (χ2v) is 5.84. The van der Waals surface area contributed by atoms with Crippen molar-refractivity contribution in [2.24, 2.45) is 4.99 Å². The topological polar surface area (TPSA) is 54.9 Å². The number of aliphatic imine (C=N–C) groups is 1. The molecule has 128 valence electrons. The van der Waals surface area contributed by atoms with E-state index >= 15 is 0 Å². The number of ether oxygens (including phenoxy) is 2. The number of guanidine groups is 1. The second-order valence-electron chi connectivity index (χ2n) is 5.84. The zero-order valence-electron chi connectivity index (χ0n) is 13.6. The predicted octanol–water partition coefficient (Wildman–Crippen LogP) is 1.91. The molecule has 1 saturated heterocycles. The Bertz CT molecular complexity index is 518. The van der Waals surface area contributed by atoms with Crippen molar-refractivity contribution >= 4 is 29.9 Å². The van der Waals surface area contributed by atoms with Crippen LogP contribution in [0, 0.1) is 0 Å². The summed E-state index contributed by atoms with van der Waals surface area (Å²) < 4.78 is 11.0. The molecule has 2 atom stereocenters. The third kappa shape index (κ3) is 5.06. The van der Waals surface area contributed by atoms with Gasteiger partial charge in [-0.15, -0.1) is 24.0 Å². The largest absolute Gasteiger partial charge is 0.376 e. The fourth-order valence-corrected chi connectivity index (χ4v) is 3.16. The van der Waals surface area contributed by atoms with E-state index < -0.39 is 0 Å². The van der Waals surface area contributed by atoms with Crippen LogP contribution in [0.15, 0.2) is 29.3 Å². The van der Waals surface area contributed by atoms with Gasteiger partial charge in [0.1, 0.15) is 0 Å². The molecule has 3 rings (SSSR count). The number of nitrogens with one attached hydrogen (secondary N) is 2. The zero-order chi connectivity index (χ0) is 15.2. The molecule has 23 heavy (non-hydrogen) atoms. The van der Waals surface area contributed by atoms with E-state index in [-0.39, 0.29) is 30.1 Å². The zero-order valence-corrected chi connectivity index (χ0v) is 15.9. The van der Waals surface area contributed by atoms with E-state index in [2.05, 4.69) is 39.9 Å². The molecule has 1 fully saturated rings. The Morgan fingerprint density at radius 1 is 1.22 bits per heavy atom. The first-order chi connectivity index (χ1) is 10.9. The molecule has 0 bridgehead atoms. The summed E-state index contributed by atoms with van der Waals surface area (Å²) in [6.07, 6.45) is 2.50. The number of benzene rings is 1. The minimum atomic E-state index is 0. The number of aryl methyl sites for hydroxylation is 1. The van der Waals surface area contributed by atoms with Gasteiger partial charge in [0.15, 0.2) is 5.96 Å². The molecular weight excluding hydrogens is 405 g/mol. The summed E-state index contributed by atoms with van der Waals surface area (Å²) in [7, 11) is 1.80. The molecule has 6 heteroatoms. The summed E-state index contributed by atoms with van der Waals surface area (Å²) in [6, 6.07) is 8.74. The predicted molar refractivity (Wildman–Crippen MR) is 103 cm³/mol. The van der Waals surface area contributed by atoms with E-state index in [9.17, 15) is 0 Å². The van der Waals surface area contributed by atoms with E-state index in [1.165, 1.54) is 24.0 Å². The maximum atomic E-state index is 5.63. The van der Waals surface area contributed by atoms with Gasteiger partial charge in [-0.05, 0) is 24.0 Å². The van der Waals surface area contributed by atoms with Crippen molar-refractivity contribution in [2.75, 3.05) is 40.0 Å². The number of fused-ring (bicyclic) bond motifs is 1. The van der Waals surface area contributed by atoms with Crippen molar-refractivity contribution in [1.29, 1.82) is 0 Å². The number of nitrogens with zero attached hydrogens (tertiary/aromatic N) is 1. The number of halogens is 1. The highest BCUT2D eigenvalue weighted by Crippen LogP contribution is 2.31. The lowest BCUT2D eigenvalue weighted by molar-refractivity contribution is -0.0850. The Balaban J connectivity index is 0.00000192. The molecule has 2 unspecified atom stereocenters. The van der Waals surface area contributed by atoms with Crippen LogP contribution in [-0.2, 0) is 15.9 Å². The van der Waals surface area contributed by atoms with Crippen LogP contribution in [0.25, 0.3) is 0 Å². The fraction of sp³-hybridized carbons (Fsp3) is 0.588. The first kappa shape index (κ1) is 18.5. The van der Waals surface area contributed by atoms with Crippen LogP contribution in [0.2, 0.25) is 0 Å². The standard InChI is InChI=1S/C17H25N3O2.HI/c1-18-17(20-11-15-12-21-8-9-22-15)19-10-14-7-6-13-4-2-3-5-16(13)14;/h2-5,14-15H,6-12H2,1H3,(H2,18,19,20);1H. The lowest BCUT2D eigenvalue weighted by Crippen LogP contribution is -2.45. The molecule has 2 N–H and O–H groups in total. The average molecular weight is 431 g/mol. The van der Waals surface area contributed by atoms with Crippen LogP contribution in [0.1, 0.15) is 23.5 Å². The summed E-state index contributed by atoms with van der Waals surface area (Å²) in [5.74, 6) is 1.41. The number of hydrogen-bond acceptors (Lipinski definition) is 3. The molecule has 0 spiro atoms. The Kier molecular flexibility index (Phi) is 7.58. The summed E-state index contributed by atoms with van der Waals surface area (Å²) in [4.78, 5) is 4.29. The van der Waals surface area contributed by atoms with Crippen molar-refractivity contribution in [3.63, 3.8) is 0 Å². The van der Waals surface area contributed by atoms with E-state index in [4.69, 9.17) is 9.47 Å². The minimum Gasteiger partial charge on any atom is -0.376 e. The van der Waals surface area contributed by atoms with Crippen molar-refractivity contribution in [3.8, 4) is 0 Å². The Morgan fingerprint density at radius 2 is 2.04 bits per heavy atom. The fourth-order valence-electron chi connectivity index (χ4n) is 3.16. The van der Waals surface area contributed by atoms with E-state index in [0.29, 0.717) is 25.7 Å². The molecule has 0 radical (unpaired) electrons. The molecule has 1 aromatic rings. The van der Waals surface area contributed by atoms with Crippen molar-refractivity contribution in [3.05, 3.63) is 35.4 Å². The molecule has 1 aromatic carbocycles. The Hall–Kier alpha value is -0.860. The molecule has 0 saturated carbocycles. The van der Waals surface area contributed by atoms with Gasteiger partial charge >= 0.3 is 0 Å². The first-order valence-corrected chi connectivity index (χ1v) is 8.08. The molecule has 0 amide bonds. The van der Waals surface area contributed by atoms with Gasteiger partial charge in [0.25, 0.3) is 0 Å². The number of hydrogen-bond donors (Lipinski definition) is 2. The highest BCUT2D eigenvalue weighted by Gasteiger charge is 2.22. The highest BCUT2D eigenvalue weighted by molar-refractivity contribution is 14.0. The van der Waals surface area contributed by atoms with Crippen LogP contribution in [0.4, 0.5) is 0 Å². The maximum absolute atomic E-state index is 5.63. The van der Waals surface area contributed by atoms with E-state index in [1.54, 1.807) is 7.05 Å². The van der Waals surface area contributed by atoms with E-state index in [0.717, 1.165) is 19.0 Å². The summed E-state index contributed by atoms with van der Waals surface area (Å²) in [6.45, 7) is 3.67. The van der Waals surface area contributed by atoms with Crippen LogP contribution < -0.4 is 10.6 Å². The maximum Gasteiger partial charge on any atom is 0.191 e. The summed E-state index contributed by atoms with van der Waals surface area (Å²) in [5, 5.41) is 6.76. The SMILES string of the molecule is CN=C(NCC1COCCO1)NCC1CCc2ccccc21.I. The molecule has 1 heterocycles. The minimum absolute atomic E-state index is 0. The first-order valence-electron chi connectivity index (χ1n) is 8.08. The second kappa shape index (κ2) is 9.44. The smallest absolute Gasteiger partial charge is 0.191 e. The third-order valence-corrected chi connectivity index (χ3v) is 4.38. The Labute approximate surface area is 155 Å². The quantitative estimate of drug-likeness (QED) is 0.435. The van der Waals surface area contributed by atoms with Crippen molar-refractivity contribution < 1.29 is 9.47 Å². The van der Waals surface area contributed by atoms with Gasteiger partial charge < -0.3 is 20.1 Å². The third-order valence-electron chi connectivity index (χ3n) is 4.38. The summed E-state index contributed by atoms with van der Waals surface area (Å²) in [5.41, 5.74) is 2.97. The van der Waals surface area contributed by atoms with Gasteiger partial charge in [0, 0.05) is 26.1 Å². The van der Waals surface area contributed by atoms with Gasteiger partial charge in [-0.3, -0.25) is 4.99 Å². The van der Waals surface area contributed by atoms with Gasteiger partial charge in [0.05, 0.1) is 25.9 Å². The molecule has 1 aliphatic heterocycles. The van der Waals surface area contributed by atoms with Gasteiger partial charge in [-0.1, -0.05) is 24.3 Å². The average Bonchev–Trinajstić information content (AvgIpc) is 2.99. The van der Waals surface area contributed by atoms with Crippen LogP contribution in [0.3, 0.4) is 0 Å². The van der Waals surface area contributed by atoms with Crippen LogP contribution in [0.5, 0.6) is 0 Å². The highest BCUT2D eigenvalue weighted by atomic mass is 127. The van der Waals surface area contributed by atoms with E-state index in [1.807, 2.05) is 0 Å². The van der Waals surface area contributed by atoms with Crippen LogP contribution in [-0.4, -0.2) is 52.0 Å². The molecule has 0 aromatic heterocycles. The lowest BCUT2D eigenvalue weighted by atomic mass is 10.0. The van der Waals surface area contributed by atoms with Crippen LogP contribution >= 0.6 is 24.0 Å². The normalized spacial score (nSPS) is 23.8. The van der Waals surface area contributed by atoms with Crippen molar-refractivity contribution in [2.45, 2.75) is 24.9 Å². The van der Waals surface area contributed by atoms with Crippen molar-refractivity contribution in [1.82, 2.24) is 10.6 Å². The molecule has 1 aliphatic carbocycles. The lowest BCUT2D eigenvalue weighted by Gasteiger charge is -2.24. The molecule has 2 aliphatic rings. The number of rotatable bonds is 4. The Morgan fingerprint density at radius 3 is 2.83 bits per heavy atom. The molecule has 5 nitrogen and oxygen atoms in total. The van der Waals surface area contributed by atoms with Gasteiger partial charge in [0.2, 0.25) is 0 Å². The molecular formula is C17H26IN3O2. The van der Waals surface area contributed by atoms with Gasteiger partial charge in [-0.2, -0.15) is 0 Å². The monoisotopic (exact) mass is 431 g/mol. The van der Waals surface area contributed by atoms with Gasteiger partial charge in [-0.25, -0.2) is 0 Å². The summed E-state index contributed by atoms with van der Waals surface area (Å²) >= 11 is 0.